The number of nitrogens with two attached hydrogens (primary N) is 1. The zero-order chi connectivity index (χ0) is 16.8. The van der Waals surface area contributed by atoms with Gasteiger partial charge in [0.1, 0.15) is 11.5 Å². The van der Waals surface area contributed by atoms with Gasteiger partial charge in [-0.3, -0.25) is 9.89 Å². The summed E-state index contributed by atoms with van der Waals surface area (Å²) in [5.74, 6) is 2.10. The molecule has 1 aromatic carbocycles. The molecule has 0 bridgehead atoms. The number of benzene rings is 1. The van der Waals surface area contributed by atoms with Gasteiger partial charge in [-0.1, -0.05) is 6.07 Å². The number of halogens is 1. The van der Waals surface area contributed by atoms with Crippen molar-refractivity contribution in [1.29, 1.82) is 0 Å². The minimum absolute atomic E-state index is 0. The van der Waals surface area contributed by atoms with Gasteiger partial charge >= 0.3 is 0 Å². The number of methoxy groups -OCH3 is 1. The lowest BCUT2D eigenvalue weighted by atomic mass is 10.2. The molecular weight excluding hydrogens is 431 g/mol. The van der Waals surface area contributed by atoms with E-state index in [0.717, 1.165) is 30.3 Å². The van der Waals surface area contributed by atoms with Crippen LogP contribution in [0.1, 0.15) is 24.6 Å². The maximum absolute atomic E-state index is 6.05. The highest BCUT2D eigenvalue weighted by Gasteiger charge is 2.25. The zero-order valence-corrected chi connectivity index (χ0v) is 16.7. The second-order valence-corrected chi connectivity index (χ2v) is 5.86. The minimum atomic E-state index is 0. The highest BCUT2D eigenvalue weighted by Crippen LogP contribution is 2.25. The van der Waals surface area contributed by atoms with E-state index in [1.54, 1.807) is 13.4 Å². The van der Waals surface area contributed by atoms with Crippen LogP contribution in [-0.2, 0) is 0 Å². The van der Waals surface area contributed by atoms with Gasteiger partial charge in [0.25, 0.3) is 0 Å². The summed E-state index contributed by atoms with van der Waals surface area (Å²) in [7, 11) is 1.64. The predicted octanol–water partition coefficient (Wildman–Crippen LogP) is 3.47. The fourth-order valence-electron chi connectivity index (χ4n) is 2.99. The first-order valence-corrected chi connectivity index (χ1v) is 8.24. The summed E-state index contributed by atoms with van der Waals surface area (Å²) in [4.78, 5) is 6.92. The van der Waals surface area contributed by atoms with Gasteiger partial charge in [0, 0.05) is 11.8 Å². The molecule has 2 heterocycles. The molecule has 1 saturated heterocycles. The van der Waals surface area contributed by atoms with Crippen molar-refractivity contribution in [2.45, 2.75) is 18.9 Å². The molecule has 1 aliphatic rings. The molecule has 6 nitrogen and oxygen atoms in total. The second kappa shape index (κ2) is 9.67. The Morgan fingerprint density at radius 2 is 2.12 bits per heavy atom. The molecule has 1 aromatic heterocycles. The Morgan fingerprint density at radius 1 is 1.32 bits per heavy atom. The summed E-state index contributed by atoms with van der Waals surface area (Å²) < 4.78 is 10.8. The number of guanidine groups is 1. The number of likely N-dealkylation sites (tertiary alicyclic amines) is 1. The van der Waals surface area contributed by atoms with Gasteiger partial charge < -0.3 is 20.2 Å². The van der Waals surface area contributed by atoms with Crippen LogP contribution in [0.4, 0.5) is 5.69 Å². The van der Waals surface area contributed by atoms with Crippen LogP contribution in [-0.4, -0.2) is 37.6 Å². The number of anilines is 1. The van der Waals surface area contributed by atoms with Crippen LogP contribution in [0.2, 0.25) is 0 Å². The van der Waals surface area contributed by atoms with Crippen LogP contribution in [0.25, 0.3) is 0 Å². The van der Waals surface area contributed by atoms with E-state index in [9.17, 15) is 0 Å². The molecule has 0 amide bonds. The SMILES string of the molecule is COc1cccc(NC(N)=NCC(c2ccco2)N2CCCC2)c1.I. The van der Waals surface area contributed by atoms with Gasteiger partial charge in [0.15, 0.2) is 5.96 Å². The smallest absolute Gasteiger partial charge is 0.193 e. The maximum Gasteiger partial charge on any atom is 0.193 e. The lowest BCUT2D eigenvalue weighted by Gasteiger charge is -2.24. The first-order chi connectivity index (χ1) is 11.8. The first-order valence-electron chi connectivity index (χ1n) is 8.24. The Kier molecular flexibility index (Phi) is 7.57. The van der Waals surface area contributed by atoms with E-state index in [0.29, 0.717) is 12.5 Å². The summed E-state index contributed by atoms with van der Waals surface area (Å²) in [5, 5.41) is 3.11. The average molecular weight is 456 g/mol. The monoisotopic (exact) mass is 456 g/mol. The van der Waals surface area contributed by atoms with Crippen molar-refractivity contribution in [2.75, 3.05) is 32.1 Å². The summed E-state index contributed by atoms with van der Waals surface area (Å²) in [6, 6.07) is 11.7. The van der Waals surface area contributed by atoms with Crippen LogP contribution < -0.4 is 15.8 Å². The molecule has 3 N–H and O–H groups in total. The van der Waals surface area contributed by atoms with E-state index in [1.165, 1.54) is 12.8 Å². The van der Waals surface area contributed by atoms with Crippen LogP contribution in [0.3, 0.4) is 0 Å². The lowest BCUT2D eigenvalue weighted by molar-refractivity contribution is 0.221. The third-order valence-electron chi connectivity index (χ3n) is 4.23. The Bertz CT molecular complexity index is 669. The van der Waals surface area contributed by atoms with E-state index in [-0.39, 0.29) is 30.0 Å². The minimum Gasteiger partial charge on any atom is -0.497 e. The number of aliphatic imine (C=N–C) groups is 1. The first kappa shape index (κ1) is 19.6. The largest absolute Gasteiger partial charge is 0.497 e. The number of nitrogens with one attached hydrogen (secondary N) is 1. The number of furan rings is 1. The molecule has 1 fully saturated rings. The van der Waals surface area contributed by atoms with Crippen molar-refractivity contribution in [1.82, 2.24) is 4.90 Å². The molecule has 136 valence electrons. The molecule has 1 unspecified atom stereocenters. The molecule has 0 spiro atoms. The highest BCUT2D eigenvalue weighted by molar-refractivity contribution is 14.0. The van der Waals surface area contributed by atoms with Crippen LogP contribution in [0.5, 0.6) is 5.75 Å². The molecule has 3 rings (SSSR count). The zero-order valence-electron chi connectivity index (χ0n) is 14.4. The van der Waals surface area contributed by atoms with Crippen molar-refractivity contribution in [3.8, 4) is 5.75 Å². The molecule has 2 aromatic rings. The number of nitrogens with zero attached hydrogens (tertiary/aromatic N) is 2. The van der Waals surface area contributed by atoms with Gasteiger partial charge in [-0.2, -0.15) is 0 Å². The molecule has 7 heteroatoms. The predicted molar refractivity (Wildman–Crippen MR) is 111 cm³/mol. The highest BCUT2D eigenvalue weighted by atomic mass is 127. The van der Waals surface area contributed by atoms with E-state index in [1.807, 2.05) is 36.4 Å². The van der Waals surface area contributed by atoms with E-state index < -0.39 is 0 Å². The quantitative estimate of drug-likeness (QED) is 0.396. The lowest BCUT2D eigenvalue weighted by Crippen LogP contribution is -2.30. The maximum atomic E-state index is 6.05. The Hall–Kier alpha value is -1.74. The number of ether oxygens (including phenoxy) is 1. The van der Waals surface area contributed by atoms with Gasteiger partial charge in [-0.05, 0) is 50.2 Å². The summed E-state index contributed by atoms with van der Waals surface area (Å²) in [5.41, 5.74) is 6.90. The Labute approximate surface area is 165 Å². The molecule has 1 aliphatic heterocycles. The number of hydrogen-bond acceptors (Lipinski definition) is 4. The van der Waals surface area contributed by atoms with Crippen molar-refractivity contribution >= 4 is 35.6 Å². The molecule has 0 aliphatic carbocycles. The van der Waals surface area contributed by atoms with E-state index >= 15 is 0 Å². The molecule has 25 heavy (non-hydrogen) atoms. The fraction of sp³-hybridized carbons (Fsp3) is 0.389. The van der Waals surface area contributed by atoms with Gasteiger partial charge in [-0.25, -0.2) is 0 Å². The topological polar surface area (TPSA) is 76.0 Å². The Morgan fingerprint density at radius 3 is 2.80 bits per heavy atom. The van der Waals surface area contributed by atoms with Gasteiger partial charge in [0.05, 0.1) is 26.0 Å². The van der Waals surface area contributed by atoms with E-state index in [4.69, 9.17) is 14.9 Å². The molecule has 0 radical (unpaired) electrons. The summed E-state index contributed by atoms with van der Waals surface area (Å²) >= 11 is 0. The summed E-state index contributed by atoms with van der Waals surface area (Å²) in [6.07, 6.45) is 4.15. The summed E-state index contributed by atoms with van der Waals surface area (Å²) in [6.45, 7) is 2.71. The normalized spacial score (nSPS) is 16.3. The van der Waals surface area contributed by atoms with Crippen LogP contribution >= 0.6 is 24.0 Å². The van der Waals surface area contributed by atoms with Gasteiger partial charge in [-0.15, -0.1) is 24.0 Å². The average Bonchev–Trinajstić information content (AvgIpc) is 3.29. The van der Waals surface area contributed by atoms with Crippen LogP contribution in [0.15, 0.2) is 52.1 Å². The molecule has 0 saturated carbocycles. The fourth-order valence-corrected chi connectivity index (χ4v) is 2.99. The second-order valence-electron chi connectivity index (χ2n) is 5.86. The van der Waals surface area contributed by atoms with Crippen molar-refractivity contribution in [3.05, 3.63) is 48.4 Å². The van der Waals surface area contributed by atoms with Crippen molar-refractivity contribution in [2.24, 2.45) is 10.7 Å². The molecular formula is C18H25IN4O2. The number of rotatable bonds is 6. The third-order valence-corrected chi connectivity index (χ3v) is 4.23. The van der Waals surface area contributed by atoms with Crippen molar-refractivity contribution < 1.29 is 9.15 Å². The van der Waals surface area contributed by atoms with Crippen LogP contribution in [0, 0.1) is 0 Å². The molecule has 1 atom stereocenters. The van der Waals surface area contributed by atoms with Gasteiger partial charge in [0.2, 0.25) is 0 Å². The number of hydrogen-bond donors (Lipinski definition) is 2. The van der Waals surface area contributed by atoms with Crippen molar-refractivity contribution in [3.63, 3.8) is 0 Å². The standard InChI is InChI=1S/C18H24N4O2.HI/c1-23-15-7-4-6-14(12-15)21-18(19)20-13-16(17-8-5-11-24-17)22-9-2-3-10-22;/h4-8,11-12,16H,2-3,9-10,13H2,1H3,(H3,19,20,21);1H. The Balaban J connectivity index is 0.00000225. The van der Waals surface area contributed by atoms with E-state index in [2.05, 4.69) is 15.2 Å². The third kappa shape index (κ3) is 5.37.